The van der Waals surface area contributed by atoms with Gasteiger partial charge >= 0.3 is 0 Å². The average Bonchev–Trinajstić information content (AvgIpc) is 2.77. The summed E-state index contributed by atoms with van der Waals surface area (Å²) >= 11 is 7.72. The Kier molecular flexibility index (Phi) is 4.32. The summed E-state index contributed by atoms with van der Waals surface area (Å²) in [5.74, 6) is 0.0118. The summed E-state index contributed by atoms with van der Waals surface area (Å²) in [4.78, 5) is 15.9. The molecule has 1 aliphatic heterocycles. The lowest BCUT2D eigenvalue weighted by atomic mass is 10.2. The zero-order chi connectivity index (χ0) is 14.7. The van der Waals surface area contributed by atoms with Gasteiger partial charge in [0, 0.05) is 11.4 Å². The maximum absolute atomic E-state index is 12.5. The van der Waals surface area contributed by atoms with Crippen LogP contribution in [0.1, 0.15) is 5.56 Å². The number of hydrogen-bond acceptors (Lipinski definition) is 2. The molecular weight excluding hydrogens is 302 g/mol. The molecule has 0 atom stereocenters. The molecule has 1 heterocycles. The summed E-state index contributed by atoms with van der Waals surface area (Å²) in [5.41, 5.74) is 1.11. The Morgan fingerprint density at radius 3 is 2.29 bits per heavy atom. The number of halogens is 1. The Balaban J connectivity index is 1.72. The van der Waals surface area contributed by atoms with E-state index in [0.717, 1.165) is 10.5 Å². The molecule has 2 nitrogen and oxygen atoms in total. The van der Waals surface area contributed by atoms with Gasteiger partial charge in [0.15, 0.2) is 0 Å². The fraction of sp³-hybridized carbons (Fsp3) is 0.118. The molecule has 0 N–H and O–H groups in total. The summed E-state index contributed by atoms with van der Waals surface area (Å²) in [6.07, 6.45) is 0. The van der Waals surface area contributed by atoms with E-state index in [4.69, 9.17) is 11.6 Å². The molecule has 4 heteroatoms. The van der Waals surface area contributed by atoms with Gasteiger partial charge in [-0.2, -0.15) is 0 Å². The summed E-state index contributed by atoms with van der Waals surface area (Å²) in [5, 5.41) is 0.629. The number of amides is 1. The second-order valence-electron chi connectivity index (χ2n) is 4.80. The van der Waals surface area contributed by atoms with Gasteiger partial charge in [0.1, 0.15) is 0 Å². The maximum Gasteiger partial charge on any atom is 0.262 e. The van der Waals surface area contributed by atoms with Crippen molar-refractivity contribution in [3.8, 4) is 0 Å². The summed E-state index contributed by atoms with van der Waals surface area (Å²) in [6.45, 7) is 1.08. The highest BCUT2D eigenvalue weighted by molar-refractivity contribution is 8.04. The van der Waals surface area contributed by atoms with Crippen molar-refractivity contribution in [3.05, 3.63) is 76.2 Å². The molecule has 0 spiro atoms. The first-order chi connectivity index (χ1) is 10.2. The van der Waals surface area contributed by atoms with Gasteiger partial charge in [-0.25, -0.2) is 0 Å². The molecule has 0 bridgehead atoms. The van der Waals surface area contributed by atoms with Crippen molar-refractivity contribution in [1.82, 2.24) is 4.90 Å². The molecule has 0 saturated carbocycles. The first-order valence-corrected chi connectivity index (χ1v) is 7.88. The van der Waals surface area contributed by atoms with E-state index in [1.165, 1.54) is 11.8 Å². The number of rotatable bonds is 4. The monoisotopic (exact) mass is 315 g/mol. The molecule has 106 valence electrons. The van der Waals surface area contributed by atoms with E-state index in [0.29, 0.717) is 23.0 Å². The molecular formula is C17H14ClNOS. The Labute approximate surface area is 133 Å². The molecule has 0 unspecified atom stereocenters. The molecule has 0 aliphatic carbocycles. The highest BCUT2D eigenvalue weighted by Crippen LogP contribution is 2.36. The van der Waals surface area contributed by atoms with Gasteiger partial charge in [-0.15, -0.1) is 0 Å². The van der Waals surface area contributed by atoms with Gasteiger partial charge in [0.25, 0.3) is 5.91 Å². The SMILES string of the molecule is O=C1C(Sc2ccccc2)=C(Cl)CN1Cc1ccccc1. The molecule has 2 aromatic carbocycles. The number of thioether (sulfide) groups is 1. The Morgan fingerprint density at radius 1 is 1.00 bits per heavy atom. The molecule has 2 aromatic rings. The van der Waals surface area contributed by atoms with E-state index in [-0.39, 0.29) is 5.91 Å². The summed E-state index contributed by atoms with van der Waals surface area (Å²) in [7, 11) is 0. The van der Waals surface area contributed by atoms with Crippen LogP contribution in [-0.2, 0) is 11.3 Å². The van der Waals surface area contributed by atoms with E-state index < -0.39 is 0 Å². The molecule has 0 aromatic heterocycles. The van der Waals surface area contributed by atoms with E-state index in [2.05, 4.69) is 0 Å². The standard InChI is InChI=1S/C17H14ClNOS/c18-15-12-19(11-13-7-3-1-4-8-13)17(20)16(15)21-14-9-5-2-6-10-14/h1-10H,11-12H2. The van der Waals surface area contributed by atoms with Crippen LogP contribution in [0.3, 0.4) is 0 Å². The Hall–Kier alpha value is -1.71. The highest BCUT2D eigenvalue weighted by Gasteiger charge is 2.30. The van der Waals surface area contributed by atoms with E-state index in [1.807, 2.05) is 60.7 Å². The highest BCUT2D eigenvalue weighted by atomic mass is 35.5. The van der Waals surface area contributed by atoms with Crippen LogP contribution in [0, 0.1) is 0 Å². The Bertz CT molecular complexity index is 670. The lowest BCUT2D eigenvalue weighted by Crippen LogP contribution is -2.26. The van der Waals surface area contributed by atoms with Crippen LogP contribution in [0.25, 0.3) is 0 Å². The van der Waals surface area contributed by atoms with Crippen LogP contribution < -0.4 is 0 Å². The van der Waals surface area contributed by atoms with Crippen LogP contribution in [-0.4, -0.2) is 17.4 Å². The lowest BCUT2D eigenvalue weighted by molar-refractivity contribution is -0.125. The van der Waals surface area contributed by atoms with E-state index in [9.17, 15) is 4.79 Å². The van der Waals surface area contributed by atoms with Crippen molar-refractivity contribution in [2.45, 2.75) is 11.4 Å². The third-order valence-corrected chi connectivity index (χ3v) is 4.79. The molecule has 3 rings (SSSR count). The molecule has 1 amide bonds. The number of hydrogen-bond donors (Lipinski definition) is 0. The van der Waals surface area contributed by atoms with Crippen LogP contribution in [0.4, 0.5) is 0 Å². The topological polar surface area (TPSA) is 20.3 Å². The average molecular weight is 316 g/mol. The Morgan fingerprint density at radius 2 is 1.62 bits per heavy atom. The molecule has 0 fully saturated rings. The normalized spacial score (nSPS) is 14.9. The fourth-order valence-corrected chi connectivity index (χ4v) is 3.47. The van der Waals surface area contributed by atoms with Crippen molar-refractivity contribution >= 4 is 29.3 Å². The first kappa shape index (κ1) is 14.2. The largest absolute Gasteiger partial charge is 0.329 e. The molecule has 0 radical (unpaired) electrons. The van der Waals surface area contributed by atoms with Gasteiger partial charge in [0.05, 0.1) is 16.5 Å². The van der Waals surface area contributed by atoms with E-state index >= 15 is 0 Å². The van der Waals surface area contributed by atoms with Gasteiger partial charge < -0.3 is 4.90 Å². The minimum Gasteiger partial charge on any atom is -0.329 e. The summed E-state index contributed by atoms with van der Waals surface area (Å²) < 4.78 is 0. The molecule has 21 heavy (non-hydrogen) atoms. The first-order valence-electron chi connectivity index (χ1n) is 6.69. The van der Waals surface area contributed by atoms with Crippen molar-refractivity contribution in [3.63, 3.8) is 0 Å². The predicted octanol–water partition coefficient (Wildman–Crippen LogP) is 4.27. The third kappa shape index (κ3) is 3.31. The molecule has 1 aliphatic rings. The number of benzene rings is 2. The van der Waals surface area contributed by atoms with Crippen molar-refractivity contribution < 1.29 is 4.79 Å². The van der Waals surface area contributed by atoms with Crippen LogP contribution >= 0.6 is 23.4 Å². The smallest absolute Gasteiger partial charge is 0.262 e. The van der Waals surface area contributed by atoms with E-state index in [1.54, 1.807) is 4.90 Å². The zero-order valence-electron chi connectivity index (χ0n) is 11.3. The van der Waals surface area contributed by atoms with Crippen LogP contribution in [0.15, 0.2) is 75.5 Å². The van der Waals surface area contributed by atoms with Gasteiger partial charge in [-0.3, -0.25) is 4.79 Å². The second kappa shape index (κ2) is 6.37. The maximum atomic E-state index is 12.5. The van der Waals surface area contributed by atoms with Crippen molar-refractivity contribution in [1.29, 1.82) is 0 Å². The lowest BCUT2D eigenvalue weighted by Gasteiger charge is -2.16. The van der Waals surface area contributed by atoms with Gasteiger partial charge in [-0.1, -0.05) is 71.9 Å². The third-order valence-electron chi connectivity index (χ3n) is 3.24. The molecule has 0 saturated heterocycles. The minimum atomic E-state index is 0.0118. The zero-order valence-corrected chi connectivity index (χ0v) is 12.9. The number of carbonyl (C=O) groups excluding carboxylic acids is 1. The summed E-state index contributed by atoms with van der Waals surface area (Å²) in [6, 6.07) is 19.8. The minimum absolute atomic E-state index is 0.0118. The van der Waals surface area contributed by atoms with Crippen LogP contribution in [0.5, 0.6) is 0 Å². The van der Waals surface area contributed by atoms with Gasteiger partial charge in [0.2, 0.25) is 0 Å². The van der Waals surface area contributed by atoms with Crippen molar-refractivity contribution in [2.75, 3.05) is 6.54 Å². The number of carbonyl (C=O) groups is 1. The second-order valence-corrected chi connectivity index (χ2v) is 6.34. The fourth-order valence-electron chi connectivity index (χ4n) is 2.21. The predicted molar refractivity (Wildman–Crippen MR) is 87.0 cm³/mol. The quantitative estimate of drug-likeness (QED) is 0.839. The number of nitrogens with zero attached hydrogens (tertiary/aromatic N) is 1. The van der Waals surface area contributed by atoms with Gasteiger partial charge in [-0.05, 0) is 17.7 Å². The van der Waals surface area contributed by atoms with Crippen LogP contribution in [0.2, 0.25) is 0 Å². The van der Waals surface area contributed by atoms with Crippen molar-refractivity contribution in [2.24, 2.45) is 0 Å².